The lowest BCUT2D eigenvalue weighted by molar-refractivity contribution is 0.187. The molecule has 1 saturated heterocycles. The van der Waals surface area contributed by atoms with E-state index >= 15 is 0 Å². The molecule has 0 amide bonds. The maximum atomic E-state index is 9.64. The molecule has 2 unspecified atom stereocenters. The molecule has 17 heavy (non-hydrogen) atoms. The van der Waals surface area contributed by atoms with Crippen molar-refractivity contribution in [3.63, 3.8) is 0 Å². The van der Waals surface area contributed by atoms with Crippen molar-refractivity contribution in [3.8, 4) is 0 Å². The summed E-state index contributed by atoms with van der Waals surface area (Å²) < 4.78 is 0. The fourth-order valence-corrected chi connectivity index (χ4v) is 2.51. The van der Waals surface area contributed by atoms with Crippen LogP contribution in [0.4, 0.5) is 5.69 Å². The minimum Gasteiger partial charge on any atom is -0.387 e. The first-order chi connectivity index (χ1) is 8.22. The quantitative estimate of drug-likeness (QED) is 0.841. The Labute approximate surface area is 103 Å². The highest BCUT2D eigenvalue weighted by atomic mass is 16.3. The third kappa shape index (κ3) is 2.79. The molecule has 0 saturated carbocycles. The number of nitrogens with two attached hydrogens (primary N) is 1. The van der Waals surface area contributed by atoms with Crippen LogP contribution in [0.2, 0.25) is 0 Å². The Morgan fingerprint density at radius 1 is 1.35 bits per heavy atom. The zero-order chi connectivity index (χ0) is 12.3. The van der Waals surface area contributed by atoms with Gasteiger partial charge in [-0.2, -0.15) is 0 Å². The number of benzene rings is 1. The van der Waals surface area contributed by atoms with Crippen LogP contribution in [-0.2, 0) is 0 Å². The standard InChI is InChI=1S/C14H22N2O/c1-11-4-2-3-9-16(11)13-7-5-12(6-8-13)14(17)10-15/h5-8,11,14,17H,2-4,9-10,15H2,1H3. The molecule has 3 heteroatoms. The molecule has 2 atom stereocenters. The first kappa shape index (κ1) is 12.4. The number of piperidine rings is 1. The maximum Gasteiger partial charge on any atom is 0.0912 e. The average Bonchev–Trinajstić information content (AvgIpc) is 2.39. The van der Waals surface area contributed by atoms with Gasteiger partial charge in [-0.25, -0.2) is 0 Å². The Morgan fingerprint density at radius 2 is 2.06 bits per heavy atom. The molecular formula is C14H22N2O. The fourth-order valence-electron chi connectivity index (χ4n) is 2.51. The summed E-state index contributed by atoms with van der Waals surface area (Å²) in [6, 6.07) is 8.77. The van der Waals surface area contributed by atoms with Crippen molar-refractivity contribution in [3.05, 3.63) is 29.8 Å². The van der Waals surface area contributed by atoms with Crippen molar-refractivity contribution in [1.82, 2.24) is 0 Å². The van der Waals surface area contributed by atoms with Gasteiger partial charge in [0.2, 0.25) is 0 Å². The van der Waals surface area contributed by atoms with Gasteiger partial charge in [0.05, 0.1) is 6.10 Å². The summed E-state index contributed by atoms with van der Waals surface area (Å²) in [5, 5.41) is 9.64. The highest BCUT2D eigenvalue weighted by Crippen LogP contribution is 2.25. The van der Waals surface area contributed by atoms with E-state index in [0.29, 0.717) is 6.04 Å². The number of hydrogen-bond acceptors (Lipinski definition) is 3. The van der Waals surface area contributed by atoms with E-state index in [2.05, 4.69) is 24.0 Å². The number of hydrogen-bond donors (Lipinski definition) is 2. The van der Waals surface area contributed by atoms with Gasteiger partial charge in [0.25, 0.3) is 0 Å². The van der Waals surface area contributed by atoms with Crippen molar-refractivity contribution in [2.75, 3.05) is 18.0 Å². The Hall–Kier alpha value is -1.06. The third-order valence-corrected chi connectivity index (χ3v) is 3.64. The third-order valence-electron chi connectivity index (χ3n) is 3.64. The van der Waals surface area contributed by atoms with E-state index in [1.807, 2.05) is 12.1 Å². The van der Waals surface area contributed by atoms with Crippen LogP contribution in [0.1, 0.15) is 37.9 Å². The topological polar surface area (TPSA) is 49.5 Å². The molecule has 3 nitrogen and oxygen atoms in total. The lowest BCUT2D eigenvalue weighted by atomic mass is 10.0. The normalized spacial score (nSPS) is 22.5. The lowest BCUT2D eigenvalue weighted by Crippen LogP contribution is -2.37. The molecule has 0 spiro atoms. The summed E-state index contributed by atoms with van der Waals surface area (Å²) in [6.45, 7) is 3.70. The van der Waals surface area contributed by atoms with Crippen LogP contribution in [0.5, 0.6) is 0 Å². The van der Waals surface area contributed by atoms with Crippen molar-refractivity contribution in [2.24, 2.45) is 5.73 Å². The van der Waals surface area contributed by atoms with Crippen molar-refractivity contribution < 1.29 is 5.11 Å². The summed E-state index contributed by atoms with van der Waals surface area (Å²) in [5.41, 5.74) is 7.60. The molecular weight excluding hydrogens is 212 g/mol. The van der Waals surface area contributed by atoms with E-state index in [-0.39, 0.29) is 6.54 Å². The molecule has 1 aromatic carbocycles. The fraction of sp³-hybridized carbons (Fsp3) is 0.571. The molecule has 1 heterocycles. The molecule has 1 aliphatic rings. The number of aliphatic hydroxyl groups is 1. The van der Waals surface area contributed by atoms with Crippen molar-refractivity contribution in [2.45, 2.75) is 38.3 Å². The van der Waals surface area contributed by atoms with E-state index in [0.717, 1.165) is 12.1 Å². The predicted octanol–water partition coefficient (Wildman–Crippen LogP) is 2.06. The smallest absolute Gasteiger partial charge is 0.0912 e. The molecule has 1 fully saturated rings. The van der Waals surface area contributed by atoms with Gasteiger partial charge in [-0.1, -0.05) is 12.1 Å². The Morgan fingerprint density at radius 3 is 2.65 bits per heavy atom. The Bertz CT molecular complexity index is 350. The zero-order valence-corrected chi connectivity index (χ0v) is 10.5. The van der Waals surface area contributed by atoms with Crippen LogP contribution in [0.25, 0.3) is 0 Å². The molecule has 0 aliphatic carbocycles. The second-order valence-corrected chi connectivity index (χ2v) is 4.88. The van der Waals surface area contributed by atoms with Gasteiger partial charge in [-0.15, -0.1) is 0 Å². The maximum absolute atomic E-state index is 9.64. The van der Waals surface area contributed by atoms with Crippen LogP contribution in [-0.4, -0.2) is 24.2 Å². The number of nitrogens with zero attached hydrogens (tertiary/aromatic N) is 1. The molecule has 94 valence electrons. The van der Waals surface area contributed by atoms with Crippen molar-refractivity contribution >= 4 is 5.69 Å². The SMILES string of the molecule is CC1CCCCN1c1ccc(C(O)CN)cc1. The van der Waals surface area contributed by atoms with Crippen LogP contribution < -0.4 is 10.6 Å². The minimum atomic E-state index is -0.539. The van der Waals surface area contributed by atoms with E-state index in [1.165, 1.54) is 24.9 Å². The zero-order valence-electron chi connectivity index (χ0n) is 10.5. The summed E-state index contributed by atoms with van der Waals surface area (Å²) >= 11 is 0. The minimum absolute atomic E-state index is 0.277. The summed E-state index contributed by atoms with van der Waals surface area (Å²) in [4.78, 5) is 2.45. The summed E-state index contributed by atoms with van der Waals surface area (Å²) in [6.07, 6.45) is 3.34. The van der Waals surface area contributed by atoms with Gasteiger partial charge >= 0.3 is 0 Å². The van der Waals surface area contributed by atoms with Crippen LogP contribution in [0.3, 0.4) is 0 Å². The highest BCUT2D eigenvalue weighted by molar-refractivity contribution is 5.49. The lowest BCUT2D eigenvalue weighted by Gasteiger charge is -2.35. The largest absolute Gasteiger partial charge is 0.387 e. The van der Waals surface area contributed by atoms with E-state index in [1.54, 1.807) is 0 Å². The van der Waals surface area contributed by atoms with Crippen LogP contribution in [0, 0.1) is 0 Å². The highest BCUT2D eigenvalue weighted by Gasteiger charge is 2.18. The average molecular weight is 234 g/mol. The molecule has 0 radical (unpaired) electrons. The van der Waals surface area contributed by atoms with Crippen molar-refractivity contribution in [1.29, 1.82) is 0 Å². The molecule has 0 aromatic heterocycles. The van der Waals surface area contributed by atoms with E-state index in [9.17, 15) is 5.11 Å². The number of anilines is 1. The Kier molecular flexibility index (Phi) is 4.02. The molecule has 1 aliphatic heterocycles. The summed E-state index contributed by atoms with van der Waals surface area (Å²) in [5.74, 6) is 0. The van der Waals surface area contributed by atoms with Gasteiger partial charge in [0.1, 0.15) is 0 Å². The number of rotatable bonds is 3. The predicted molar refractivity (Wildman–Crippen MR) is 71.1 cm³/mol. The van der Waals surface area contributed by atoms with Gasteiger partial charge in [0.15, 0.2) is 0 Å². The van der Waals surface area contributed by atoms with Crippen LogP contribution in [0.15, 0.2) is 24.3 Å². The Balaban J connectivity index is 2.11. The monoisotopic (exact) mass is 234 g/mol. The first-order valence-corrected chi connectivity index (χ1v) is 6.47. The van der Waals surface area contributed by atoms with E-state index in [4.69, 9.17) is 5.73 Å². The molecule has 2 rings (SSSR count). The van der Waals surface area contributed by atoms with Gasteiger partial charge in [0, 0.05) is 24.8 Å². The molecule has 1 aromatic rings. The molecule has 3 N–H and O–H groups in total. The van der Waals surface area contributed by atoms with Gasteiger partial charge in [-0.3, -0.25) is 0 Å². The first-order valence-electron chi connectivity index (χ1n) is 6.47. The summed E-state index contributed by atoms with van der Waals surface area (Å²) in [7, 11) is 0. The van der Waals surface area contributed by atoms with Gasteiger partial charge in [-0.05, 0) is 43.9 Å². The van der Waals surface area contributed by atoms with Crippen LogP contribution >= 0.6 is 0 Å². The second-order valence-electron chi connectivity index (χ2n) is 4.88. The van der Waals surface area contributed by atoms with E-state index < -0.39 is 6.10 Å². The second kappa shape index (κ2) is 5.52. The molecule has 0 bridgehead atoms. The van der Waals surface area contributed by atoms with Gasteiger partial charge < -0.3 is 15.7 Å². The number of aliphatic hydroxyl groups excluding tert-OH is 1.